The van der Waals surface area contributed by atoms with E-state index in [0.717, 1.165) is 50.3 Å². The predicted octanol–water partition coefficient (Wildman–Crippen LogP) is 4.18. The SMILES string of the molecule is Cc1cccc(-c2ccc(-c3nncn3C[C@@H]3CCN(C(=O)C4CC4)C3)cc2)c1. The van der Waals surface area contributed by atoms with Gasteiger partial charge in [0, 0.05) is 31.1 Å². The van der Waals surface area contributed by atoms with Gasteiger partial charge < -0.3 is 9.47 Å². The molecule has 0 bridgehead atoms. The molecular weight excluding hydrogens is 360 g/mol. The number of hydrogen-bond acceptors (Lipinski definition) is 3. The van der Waals surface area contributed by atoms with Crippen LogP contribution < -0.4 is 0 Å². The molecule has 1 atom stereocenters. The van der Waals surface area contributed by atoms with E-state index in [1.165, 1.54) is 16.7 Å². The molecule has 2 aromatic carbocycles. The molecule has 0 N–H and O–H groups in total. The lowest BCUT2D eigenvalue weighted by molar-refractivity contribution is -0.131. The number of nitrogens with zero attached hydrogens (tertiary/aromatic N) is 4. The van der Waals surface area contributed by atoms with Crippen molar-refractivity contribution in [1.29, 1.82) is 0 Å². The van der Waals surface area contributed by atoms with Crippen molar-refractivity contribution >= 4 is 5.91 Å². The van der Waals surface area contributed by atoms with Gasteiger partial charge in [0.2, 0.25) is 5.91 Å². The lowest BCUT2D eigenvalue weighted by Gasteiger charge is -2.17. The first-order valence-electron chi connectivity index (χ1n) is 10.5. The van der Waals surface area contributed by atoms with E-state index in [0.29, 0.717) is 17.7 Å². The maximum atomic E-state index is 12.3. The highest BCUT2D eigenvalue weighted by Crippen LogP contribution is 2.33. The van der Waals surface area contributed by atoms with Crippen LogP contribution in [0.4, 0.5) is 0 Å². The van der Waals surface area contributed by atoms with Gasteiger partial charge in [-0.2, -0.15) is 0 Å². The molecule has 1 aliphatic carbocycles. The van der Waals surface area contributed by atoms with E-state index in [1.807, 2.05) is 6.33 Å². The first-order chi connectivity index (χ1) is 14.2. The van der Waals surface area contributed by atoms with Crippen molar-refractivity contribution in [3.63, 3.8) is 0 Å². The zero-order chi connectivity index (χ0) is 19.8. The summed E-state index contributed by atoms with van der Waals surface area (Å²) in [4.78, 5) is 14.4. The fourth-order valence-electron chi connectivity index (χ4n) is 4.30. The van der Waals surface area contributed by atoms with Crippen LogP contribution in [-0.2, 0) is 11.3 Å². The number of aromatic nitrogens is 3. The molecule has 2 aliphatic rings. The zero-order valence-corrected chi connectivity index (χ0v) is 16.8. The molecule has 2 heterocycles. The van der Waals surface area contributed by atoms with E-state index < -0.39 is 0 Å². The largest absolute Gasteiger partial charge is 0.342 e. The maximum Gasteiger partial charge on any atom is 0.225 e. The normalized spacial score (nSPS) is 18.9. The molecule has 1 aliphatic heterocycles. The Labute approximate surface area is 171 Å². The van der Waals surface area contributed by atoms with Crippen molar-refractivity contribution < 1.29 is 4.79 Å². The standard InChI is InChI=1S/C24H26N4O/c1-17-3-2-4-22(13-17)19-5-7-20(8-6-19)23-26-25-16-28(23)15-18-11-12-27(14-18)24(29)21-9-10-21/h2-8,13,16,18,21H,9-12,14-15H2,1H3/t18-/m1/s1. The van der Waals surface area contributed by atoms with Gasteiger partial charge in [0.05, 0.1) is 0 Å². The lowest BCUT2D eigenvalue weighted by atomic mass is 10.0. The number of aryl methyl sites for hydroxylation is 1. The van der Waals surface area contributed by atoms with Crippen molar-refractivity contribution in [2.75, 3.05) is 13.1 Å². The van der Waals surface area contributed by atoms with Gasteiger partial charge in [-0.25, -0.2) is 0 Å². The average Bonchev–Trinajstić information content (AvgIpc) is 3.32. The van der Waals surface area contributed by atoms with Gasteiger partial charge in [0.25, 0.3) is 0 Å². The fraction of sp³-hybridized carbons (Fsp3) is 0.375. The number of rotatable bonds is 5. The first kappa shape index (κ1) is 18.1. The second-order valence-electron chi connectivity index (χ2n) is 8.47. The molecule has 2 fully saturated rings. The van der Waals surface area contributed by atoms with Crippen molar-refractivity contribution in [2.45, 2.75) is 32.7 Å². The molecule has 5 rings (SSSR count). The minimum absolute atomic E-state index is 0.311. The Kier molecular flexibility index (Phi) is 4.66. The third-order valence-corrected chi connectivity index (χ3v) is 6.09. The van der Waals surface area contributed by atoms with Crippen LogP contribution in [0.3, 0.4) is 0 Å². The van der Waals surface area contributed by atoms with Gasteiger partial charge in [-0.15, -0.1) is 10.2 Å². The summed E-state index contributed by atoms with van der Waals surface area (Å²) in [6.45, 7) is 4.72. The zero-order valence-electron chi connectivity index (χ0n) is 16.8. The van der Waals surface area contributed by atoms with Gasteiger partial charge in [0.15, 0.2) is 5.82 Å². The number of likely N-dealkylation sites (tertiary alicyclic amines) is 1. The van der Waals surface area contributed by atoms with E-state index in [9.17, 15) is 4.79 Å². The molecule has 3 aromatic rings. The number of carbonyl (C=O) groups is 1. The summed E-state index contributed by atoms with van der Waals surface area (Å²) in [6.07, 6.45) is 5.03. The quantitative estimate of drug-likeness (QED) is 0.661. The summed E-state index contributed by atoms with van der Waals surface area (Å²) < 4.78 is 2.14. The van der Waals surface area contributed by atoms with Crippen LogP contribution >= 0.6 is 0 Å². The van der Waals surface area contributed by atoms with Crippen molar-refractivity contribution in [2.24, 2.45) is 11.8 Å². The second-order valence-corrected chi connectivity index (χ2v) is 8.47. The number of hydrogen-bond donors (Lipinski definition) is 0. The van der Waals surface area contributed by atoms with Crippen molar-refractivity contribution in [1.82, 2.24) is 19.7 Å². The van der Waals surface area contributed by atoms with Crippen LogP contribution in [0.15, 0.2) is 54.9 Å². The molecule has 29 heavy (non-hydrogen) atoms. The topological polar surface area (TPSA) is 51.0 Å². The van der Waals surface area contributed by atoms with Crippen LogP contribution in [0.25, 0.3) is 22.5 Å². The van der Waals surface area contributed by atoms with Gasteiger partial charge in [-0.1, -0.05) is 54.1 Å². The molecular formula is C24H26N4O. The Morgan fingerprint density at radius 3 is 2.59 bits per heavy atom. The molecule has 5 heteroatoms. The Morgan fingerprint density at radius 2 is 1.83 bits per heavy atom. The molecule has 1 amide bonds. The number of amides is 1. The lowest BCUT2D eigenvalue weighted by Crippen LogP contribution is -2.30. The minimum atomic E-state index is 0.311. The molecule has 0 spiro atoms. The van der Waals surface area contributed by atoms with Crippen LogP contribution in [0.2, 0.25) is 0 Å². The Hall–Kier alpha value is -2.95. The summed E-state index contributed by atoms with van der Waals surface area (Å²) in [5.74, 6) is 2.04. The Morgan fingerprint density at radius 1 is 1.03 bits per heavy atom. The molecule has 0 radical (unpaired) electrons. The molecule has 1 saturated carbocycles. The highest BCUT2D eigenvalue weighted by atomic mass is 16.2. The Bertz CT molecular complexity index is 1020. The van der Waals surface area contributed by atoms with E-state index in [4.69, 9.17) is 0 Å². The van der Waals surface area contributed by atoms with E-state index in [2.05, 4.69) is 75.1 Å². The smallest absolute Gasteiger partial charge is 0.225 e. The highest BCUT2D eigenvalue weighted by molar-refractivity contribution is 5.81. The summed E-state index contributed by atoms with van der Waals surface area (Å²) in [5, 5.41) is 8.53. The van der Waals surface area contributed by atoms with Gasteiger partial charge in [0.1, 0.15) is 6.33 Å². The van der Waals surface area contributed by atoms with Crippen molar-refractivity contribution in [3.8, 4) is 22.5 Å². The van der Waals surface area contributed by atoms with Crippen LogP contribution in [0, 0.1) is 18.8 Å². The number of benzene rings is 2. The predicted molar refractivity (Wildman–Crippen MR) is 113 cm³/mol. The van der Waals surface area contributed by atoms with Crippen LogP contribution in [0.1, 0.15) is 24.8 Å². The van der Waals surface area contributed by atoms with E-state index in [-0.39, 0.29) is 0 Å². The minimum Gasteiger partial charge on any atom is -0.342 e. The van der Waals surface area contributed by atoms with E-state index in [1.54, 1.807) is 0 Å². The van der Waals surface area contributed by atoms with Crippen LogP contribution in [-0.4, -0.2) is 38.7 Å². The number of carbonyl (C=O) groups excluding carboxylic acids is 1. The summed E-state index contributed by atoms with van der Waals surface area (Å²) in [7, 11) is 0. The molecule has 0 unspecified atom stereocenters. The average molecular weight is 386 g/mol. The first-order valence-corrected chi connectivity index (χ1v) is 10.5. The fourth-order valence-corrected chi connectivity index (χ4v) is 4.30. The monoisotopic (exact) mass is 386 g/mol. The van der Waals surface area contributed by atoms with Gasteiger partial charge in [-0.05, 0) is 43.2 Å². The Balaban J connectivity index is 1.29. The third kappa shape index (κ3) is 3.82. The third-order valence-electron chi connectivity index (χ3n) is 6.09. The summed E-state index contributed by atoms with van der Waals surface area (Å²) >= 11 is 0. The summed E-state index contributed by atoms with van der Waals surface area (Å²) in [5.41, 5.74) is 4.76. The molecule has 1 saturated heterocycles. The highest BCUT2D eigenvalue weighted by Gasteiger charge is 2.36. The molecule has 148 valence electrons. The van der Waals surface area contributed by atoms with Gasteiger partial charge >= 0.3 is 0 Å². The van der Waals surface area contributed by atoms with Crippen molar-refractivity contribution in [3.05, 3.63) is 60.4 Å². The summed E-state index contributed by atoms with van der Waals surface area (Å²) in [6, 6.07) is 17.1. The second kappa shape index (κ2) is 7.47. The van der Waals surface area contributed by atoms with Gasteiger partial charge in [-0.3, -0.25) is 4.79 Å². The van der Waals surface area contributed by atoms with Crippen LogP contribution in [0.5, 0.6) is 0 Å². The molecule has 1 aromatic heterocycles. The maximum absolute atomic E-state index is 12.3. The molecule has 5 nitrogen and oxygen atoms in total. The van der Waals surface area contributed by atoms with E-state index >= 15 is 0 Å².